The van der Waals surface area contributed by atoms with Crippen molar-refractivity contribution in [1.29, 1.82) is 0 Å². The number of anilines is 2. The predicted octanol–water partition coefficient (Wildman–Crippen LogP) is 4.61. The third-order valence-corrected chi connectivity index (χ3v) is 4.74. The van der Waals surface area contributed by atoms with Gasteiger partial charge in [0.1, 0.15) is 11.6 Å². The molecule has 0 saturated carbocycles. The second-order valence-electron chi connectivity index (χ2n) is 6.03. The molecule has 1 atom stereocenters. The van der Waals surface area contributed by atoms with Gasteiger partial charge in [0.15, 0.2) is 5.82 Å². The molecule has 0 aliphatic carbocycles. The van der Waals surface area contributed by atoms with E-state index in [0.29, 0.717) is 26.7 Å². The van der Waals surface area contributed by atoms with Gasteiger partial charge < -0.3 is 16.2 Å². The molecule has 0 aliphatic heterocycles. The van der Waals surface area contributed by atoms with Crippen molar-refractivity contribution in [3.63, 3.8) is 0 Å². The maximum Gasteiger partial charge on any atom is 0.321 e. The van der Waals surface area contributed by atoms with E-state index >= 15 is 0 Å². The molecule has 0 bridgehead atoms. The molecule has 3 rings (SSSR count). The van der Waals surface area contributed by atoms with Crippen molar-refractivity contribution in [3.8, 4) is 11.1 Å². The molecule has 2 aromatic carbocycles. The SMILES string of the molecule is Nc1[nH]nc(NC(=O)NC(CO)c2ccc(F)c(Cl)c2)c1-c1cc(Cl)cc(Cl)c1. The van der Waals surface area contributed by atoms with Gasteiger partial charge in [-0.05, 0) is 41.5 Å². The van der Waals surface area contributed by atoms with Crippen LogP contribution in [0.15, 0.2) is 36.4 Å². The summed E-state index contributed by atoms with van der Waals surface area (Å²) in [7, 11) is 0. The fourth-order valence-corrected chi connectivity index (χ4v) is 3.42. The normalized spacial score (nSPS) is 11.9. The molecule has 1 heterocycles. The monoisotopic (exact) mass is 457 g/mol. The van der Waals surface area contributed by atoms with E-state index in [1.165, 1.54) is 12.1 Å². The number of nitrogens with one attached hydrogen (secondary N) is 3. The summed E-state index contributed by atoms with van der Waals surface area (Å²) in [4.78, 5) is 12.4. The first kappa shape index (κ1) is 21.2. The highest BCUT2D eigenvalue weighted by atomic mass is 35.5. The fraction of sp³-hybridized carbons (Fsp3) is 0.111. The number of aromatic nitrogens is 2. The first-order valence-electron chi connectivity index (χ1n) is 8.22. The lowest BCUT2D eigenvalue weighted by Gasteiger charge is -2.17. The molecular weight excluding hydrogens is 444 g/mol. The number of hydrogen-bond donors (Lipinski definition) is 5. The molecule has 0 spiro atoms. The van der Waals surface area contributed by atoms with Crippen molar-refractivity contribution in [2.24, 2.45) is 0 Å². The van der Waals surface area contributed by atoms with Crippen molar-refractivity contribution in [1.82, 2.24) is 15.5 Å². The Morgan fingerprint density at radius 2 is 1.90 bits per heavy atom. The topological polar surface area (TPSA) is 116 Å². The molecule has 1 unspecified atom stereocenters. The molecular formula is C18H15Cl3FN5O2. The summed E-state index contributed by atoms with van der Waals surface area (Å²) in [6, 6.07) is 7.18. The highest BCUT2D eigenvalue weighted by molar-refractivity contribution is 6.35. The number of nitrogens with two attached hydrogens (primary N) is 1. The molecule has 0 aliphatic rings. The molecule has 0 fully saturated rings. The second-order valence-corrected chi connectivity index (χ2v) is 7.31. The summed E-state index contributed by atoms with van der Waals surface area (Å²) in [5.41, 5.74) is 7.31. The summed E-state index contributed by atoms with van der Waals surface area (Å²) in [5.74, 6) is -0.275. The Morgan fingerprint density at radius 3 is 2.52 bits per heavy atom. The van der Waals surface area contributed by atoms with Crippen LogP contribution in [0.3, 0.4) is 0 Å². The van der Waals surface area contributed by atoms with Crippen LogP contribution in [0.1, 0.15) is 11.6 Å². The predicted molar refractivity (Wildman–Crippen MR) is 112 cm³/mol. The van der Waals surface area contributed by atoms with Crippen molar-refractivity contribution in [2.45, 2.75) is 6.04 Å². The molecule has 11 heteroatoms. The minimum atomic E-state index is -0.826. The Morgan fingerprint density at radius 1 is 1.21 bits per heavy atom. The van der Waals surface area contributed by atoms with Gasteiger partial charge >= 0.3 is 6.03 Å². The van der Waals surface area contributed by atoms with Crippen LogP contribution >= 0.6 is 34.8 Å². The lowest BCUT2D eigenvalue weighted by Crippen LogP contribution is -2.34. The van der Waals surface area contributed by atoms with Crippen LogP contribution in [-0.4, -0.2) is 27.9 Å². The van der Waals surface area contributed by atoms with Gasteiger partial charge in [-0.25, -0.2) is 9.18 Å². The zero-order valence-corrected chi connectivity index (χ0v) is 16.9. The summed E-state index contributed by atoms with van der Waals surface area (Å²) < 4.78 is 13.3. The number of benzene rings is 2. The fourth-order valence-electron chi connectivity index (χ4n) is 2.70. The smallest absolute Gasteiger partial charge is 0.321 e. The number of H-pyrrole nitrogens is 1. The number of hydrogen-bond acceptors (Lipinski definition) is 4. The number of halogens is 4. The largest absolute Gasteiger partial charge is 0.394 e. The van der Waals surface area contributed by atoms with E-state index < -0.39 is 24.5 Å². The number of nitrogens with zero attached hydrogens (tertiary/aromatic N) is 1. The lowest BCUT2D eigenvalue weighted by molar-refractivity contribution is 0.225. The summed E-state index contributed by atoms with van der Waals surface area (Å²) in [6.45, 7) is -0.436. The molecule has 2 amide bonds. The highest BCUT2D eigenvalue weighted by Crippen LogP contribution is 2.35. The van der Waals surface area contributed by atoms with Crippen molar-refractivity contribution >= 4 is 52.5 Å². The van der Waals surface area contributed by atoms with Crippen molar-refractivity contribution < 1.29 is 14.3 Å². The molecule has 7 nitrogen and oxygen atoms in total. The lowest BCUT2D eigenvalue weighted by atomic mass is 10.1. The average molecular weight is 459 g/mol. The van der Waals surface area contributed by atoms with Gasteiger partial charge in [-0.2, -0.15) is 5.10 Å². The van der Waals surface area contributed by atoms with E-state index in [0.717, 1.165) is 6.07 Å². The number of carbonyl (C=O) groups excluding carboxylic acids is 1. The summed E-state index contributed by atoms with van der Waals surface area (Å²) in [5, 5.41) is 21.9. The minimum absolute atomic E-state index is 0.122. The van der Waals surface area contributed by atoms with E-state index in [-0.39, 0.29) is 16.7 Å². The Kier molecular flexibility index (Phi) is 6.49. The average Bonchev–Trinajstić information content (AvgIpc) is 3.01. The zero-order chi connectivity index (χ0) is 21.1. The first-order chi connectivity index (χ1) is 13.8. The van der Waals surface area contributed by atoms with E-state index in [1.807, 2.05) is 0 Å². The number of carbonyl (C=O) groups is 1. The van der Waals surface area contributed by atoms with Gasteiger partial charge in [-0.15, -0.1) is 0 Å². The summed E-state index contributed by atoms with van der Waals surface area (Å²) >= 11 is 17.8. The first-order valence-corrected chi connectivity index (χ1v) is 9.35. The standard InChI is InChI=1S/C18H15Cl3FN5O2/c19-10-3-9(4-11(20)6-10)15-16(23)26-27-17(15)25-18(29)24-14(7-28)8-1-2-13(22)12(21)5-8/h1-6,14,28H,7H2,(H5,23,24,25,26,27,29). The number of aliphatic hydroxyl groups excluding tert-OH is 1. The van der Waals surface area contributed by atoms with Gasteiger partial charge in [0.25, 0.3) is 0 Å². The Labute approximate surface area is 180 Å². The Bertz CT molecular complexity index is 1040. The maximum absolute atomic E-state index is 13.3. The van der Waals surface area contributed by atoms with Crippen LogP contribution in [0.2, 0.25) is 15.1 Å². The summed E-state index contributed by atoms with van der Waals surface area (Å²) in [6.07, 6.45) is 0. The Balaban J connectivity index is 1.81. The number of aliphatic hydroxyl groups is 1. The van der Waals surface area contributed by atoms with Crippen LogP contribution < -0.4 is 16.4 Å². The van der Waals surface area contributed by atoms with Crippen LogP contribution in [0, 0.1) is 5.82 Å². The third-order valence-electron chi connectivity index (χ3n) is 4.01. The zero-order valence-electron chi connectivity index (χ0n) is 14.6. The number of aromatic amines is 1. The molecule has 152 valence electrons. The minimum Gasteiger partial charge on any atom is -0.394 e. The van der Waals surface area contributed by atoms with E-state index in [4.69, 9.17) is 40.5 Å². The Hall–Kier alpha value is -2.52. The van der Waals surface area contributed by atoms with Crippen LogP contribution in [0.4, 0.5) is 20.8 Å². The highest BCUT2D eigenvalue weighted by Gasteiger charge is 2.20. The third kappa shape index (κ3) is 4.91. The molecule has 29 heavy (non-hydrogen) atoms. The van der Waals surface area contributed by atoms with Crippen molar-refractivity contribution in [3.05, 3.63) is 62.8 Å². The van der Waals surface area contributed by atoms with Gasteiger partial charge in [-0.1, -0.05) is 40.9 Å². The van der Waals surface area contributed by atoms with E-state index in [2.05, 4.69) is 20.8 Å². The van der Waals surface area contributed by atoms with E-state index in [1.54, 1.807) is 18.2 Å². The van der Waals surface area contributed by atoms with Crippen LogP contribution in [0.25, 0.3) is 11.1 Å². The number of rotatable bonds is 5. The van der Waals surface area contributed by atoms with Gasteiger partial charge in [0.05, 0.1) is 23.2 Å². The number of urea groups is 1. The molecule has 3 aromatic rings. The number of amides is 2. The van der Waals surface area contributed by atoms with Crippen LogP contribution in [-0.2, 0) is 0 Å². The molecule has 0 saturated heterocycles. The molecule has 6 N–H and O–H groups in total. The molecule has 0 radical (unpaired) electrons. The second kappa shape index (κ2) is 8.87. The van der Waals surface area contributed by atoms with Gasteiger partial charge in [0.2, 0.25) is 0 Å². The van der Waals surface area contributed by atoms with Gasteiger partial charge in [0, 0.05) is 10.0 Å². The maximum atomic E-state index is 13.3. The quantitative estimate of drug-likeness (QED) is 0.384. The van der Waals surface area contributed by atoms with Crippen LogP contribution in [0.5, 0.6) is 0 Å². The van der Waals surface area contributed by atoms with E-state index in [9.17, 15) is 14.3 Å². The van der Waals surface area contributed by atoms with Crippen molar-refractivity contribution in [2.75, 3.05) is 17.7 Å². The van der Waals surface area contributed by atoms with Gasteiger partial charge in [-0.3, -0.25) is 10.4 Å². The number of nitrogen functional groups attached to an aromatic ring is 1. The molecule has 1 aromatic heterocycles.